The number of piperazine rings is 1. The van der Waals surface area contributed by atoms with Gasteiger partial charge in [0, 0.05) is 61.8 Å². The fraction of sp³-hybridized carbons (Fsp3) is 0.318. The number of halogens is 2. The van der Waals surface area contributed by atoms with Crippen molar-refractivity contribution in [1.29, 1.82) is 0 Å². The van der Waals surface area contributed by atoms with Gasteiger partial charge in [-0.25, -0.2) is 18.4 Å². The highest BCUT2D eigenvalue weighted by molar-refractivity contribution is 5.52. The Morgan fingerprint density at radius 3 is 2.39 bits per heavy atom. The van der Waals surface area contributed by atoms with Gasteiger partial charge in [-0.15, -0.1) is 0 Å². The lowest BCUT2D eigenvalue weighted by molar-refractivity contribution is 0.284. The topological polar surface area (TPSA) is 70.3 Å². The first kappa shape index (κ1) is 20.9. The van der Waals surface area contributed by atoms with Gasteiger partial charge in [-0.1, -0.05) is 12.2 Å². The minimum atomic E-state index is -0.552. The summed E-state index contributed by atoms with van der Waals surface area (Å²) in [7, 11) is 0. The number of aromatic nitrogens is 4. The monoisotopic (exact) mass is 426 g/mol. The van der Waals surface area contributed by atoms with E-state index in [2.05, 4.69) is 26.0 Å². The average molecular weight is 426 g/mol. The molecule has 1 fully saturated rings. The number of aromatic hydroxyl groups is 1. The van der Waals surface area contributed by atoms with Crippen LogP contribution in [0.15, 0.2) is 36.5 Å². The summed E-state index contributed by atoms with van der Waals surface area (Å²) in [6.45, 7) is 7.53. The first-order valence-electron chi connectivity index (χ1n) is 10.1. The van der Waals surface area contributed by atoms with E-state index >= 15 is 0 Å². The van der Waals surface area contributed by atoms with E-state index < -0.39 is 11.6 Å². The van der Waals surface area contributed by atoms with Gasteiger partial charge in [0.15, 0.2) is 5.82 Å². The first-order valence-corrected chi connectivity index (χ1v) is 10.1. The summed E-state index contributed by atoms with van der Waals surface area (Å²) < 4.78 is 28.6. The van der Waals surface area contributed by atoms with Crippen molar-refractivity contribution in [3.63, 3.8) is 0 Å². The molecule has 1 N–H and O–H groups in total. The Morgan fingerprint density at radius 1 is 1.00 bits per heavy atom. The van der Waals surface area contributed by atoms with Crippen molar-refractivity contribution in [2.45, 2.75) is 13.8 Å². The van der Waals surface area contributed by atoms with Crippen LogP contribution in [-0.2, 0) is 0 Å². The Labute approximate surface area is 179 Å². The molecule has 2 aromatic heterocycles. The van der Waals surface area contributed by atoms with E-state index in [1.807, 2.05) is 17.9 Å². The molecule has 1 aliphatic heterocycles. The molecule has 1 saturated heterocycles. The predicted octanol–water partition coefficient (Wildman–Crippen LogP) is 3.10. The standard InChI is InChI=1S/C22H24F2N6O/c1-15-10-21(27-22(31)26-15)30-16(2)17(14-25-30)4-3-5-28-6-8-29(9-7-28)20-12-18(23)11-19(24)13-20/h3-4,10-14H,5-9H2,1-2H3,(H,26,27,31)/b4-3+. The highest BCUT2D eigenvalue weighted by atomic mass is 19.1. The first-order chi connectivity index (χ1) is 14.9. The molecule has 0 saturated carbocycles. The summed E-state index contributed by atoms with van der Waals surface area (Å²) in [5, 5.41) is 14.0. The number of hydrogen-bond donors (Lipinski definition) is 1. The van der Waals surface area contributed by atoms with Gasteiger partial charge >= 0.3 is 6.01 Å². The van der Waals surface area contributed by atoms with Crippen LogP contribution in [0.4, 0.5) is 14.5 Å². The van der Waals surface area contributed by atoms with Crippen LogP contribution in [0.5, 0.6) is 6.01 Å². The molecule has 0 bridgehead atoms. The van der Waals surface area contributed by atoms with Gasteiger partial charge in [-0.2, -0.15) is 10.1 Å². The molecule has 3 aromatic rings. The fourth-order valence-electron chi connectivity index (χ4n) is 3.70. The molecular weight excluding hydrogens is 402 g/mol. The lowest BCUT2D eigenvalue weighted by Crippen LogP contribution is -2.46. The summed E-state index contributed by atoms with van der Waals surface area (Å²) in [4.78, 5) is 12.2. The zero-order valence-corrected chi connectivity index (χ0v) is 17.5. The van der Waals surface area contributed by atoms with Crippen molar-refractivity contribution < 1.29 is 13.9 Å². The SMILES string of the molecule is Cc1cc(-n2ncc(/C=C/CN3CCN(c4cc(F)cc(F)c4)CC3)c2C)nc(O)n1. The maximum absolute atomic E-state index is 13.5. The molecule has 162 valence electrons. The third-order valence-corrected chi connectivity index (χ3v) is 5.34. The Morgan fingerprint density at radius 2 is 1.71 bits per heavy atom. The summed E-state index contributed by atoms with van der Waals surface area (Å²) in [6, 6.07) is 5.12. The molecule has 4 rings (SSSR count). The van der Waals surface area contributed by atoms with Crippen LogP contribution in [0.2, 0.25) is 0 Å². The third-order valence-electron chi connectivity index (χ3n) is 5.34. The maximum atomic E-state index is 13.5. The minimum Gasteiger partial charge on any atom is -0.479 e. The van der Waals surface area contributed by atoms with Crippen LogP contribution in [0.3, 0.4) is 0 Å². The number of hydrogen-bond acceptors (Lipinski definition) is 6. The number of benzene rings is 1. The van der Waals surface area contributed by atoms with Crippen LogP contribution >= 0.6 is 0 Å². The van der Waals surface area contributed by atoms with Crippen LogP contribution in [-0.4, -0.2) is 62.5 Å². The normalized spacial score (nSPS) is 15.2. The number of anilines is 1. The Kier molecular flexibility index (Phi) is 5.94. The summed E-state index contributed by atoms with van der Waals surface area (Å²) in [5.41, 5.74) is 3.12. The molecule has 3 heterocycles. The number of rotatable bonds is 5. The Bertz CT molecular complexity index is 1060. The van der Waals surface area contributed by atoms with E-state index in [9.17, 15) is 13.9 Å². The van der Waals surface area contributed by atoms with Crippen molar-refractivity contribution in [3.8, 4) is 11.8 Å². The molecule has 0 unspecified atom stereocenters. The molecule has 0 amide bonds. The van der Waals surface area contributed by atoms with Crippen LogP contribution in [0, 0.1) is 25.5 Å². The molecule has 0 aliphatic carbocycles. The molecule has 9 heteroatoms. The lowest BCUT2D eigenvalue weighted by atomic mass is 10.2. The van der Waals surface area contributed by atoms with Gasteiger partial charge in [-0.3, -0.25) is 4.90 Å². The minimum absolute atomic E-state index is 0.276. The quantitative estimate of drug-likeness (QED) is 0.676. The zero-order chi connectivity index (χ0) is 22.0. The second kappa shape index (κ2) is 8.81. The Hall–Kier alpha value is -3.33. The Balaban J connectivity index is 1.35. The number of aryl methyl sites for hydroxylation is 1. The van der Waals surface area contributed by atoms with Crippen molar-refractivity contribution in [1.82, 2.24) is 24.6 Å². The van der Waals surface area contributed by atoms with E-state index in [1.165, 1.54) is 12.1 Å². The molecule has 0 radical (unpaired) electrons. The third kappa shape index (κ3) is 4.88. The molecule has 0 spiro atoms. The van der Waals surface area contributed by atoms with Crippen molar-refractivity contribution in [3.05, 3.63) is 65.1 Å². The van der Waals surface area contributed by atoms with Crippen LogP contribution in [0.1, 0.15) is 17.0 Å². The summed E-state index contributed by atoms with van der Waals surface area (Å²) >= 11 is 0. The van der Waals surface area contributed by atoms with Gasteiger partial charge in [0.1, 0.15) is 11.6 Å². The molecule has 0 atom stereocenters. The smallest absolute Gasteiger partial charge is 0.316 e. The average Bonchev–Trinajstić information content (AvgIpc) is 3.07. The summed E-state index contributed by atoms with van der Waals surface area (Å²) in [6.07, 6.45) is 5.85. The largest absolute Gasteiger partial charge is 0.479 e. The van der Waals surface area contributed by atoms with Crippen molar-refractivity contribution in [2.24, 2.45) is 0 Å². The highest BCUT2D eigenvalue weighted by Gasteiger charge is 2.17. The maximum Gasteiger partial charge on any atom is 0.316 e. The van der Waals surface area contributed by atoms with Gasteiger partial charge in [0.05, 0.1) is 11.9 Å². The van der Waals surface area contributed by atoms with Crippen molar-refractivity contribution >= 4 is 11.8 Å². The second-order valence-electron chi connectivity index (χ2n) is 7.58. The van der Waals surface area contributed by atoms with Gasteiger partial charge < -0.3 is 10.0 Å². The number of nitrogens with zero attached hydrogens (tertiary/aromatic N) is 6. The van der Waals surface area contributed by atoms with Crippen molar-refractivity contribution in [2.75, 3.05) is 37.6 Å². The van der Waals surface area contributed by atoms with Crippen LogP contribution < -0.4 is 4.90 Å². The predicted molar refractivity (Wildman–Crippen MR) is 114 cm³/mol. The van der Waals surface area contributed by atoms with Gasteiger partial charge in [0.25, 0.3) is 0 Å². The second-order valence-corrected chi connectivity index (χ2v) is 7.58. The van der Waals surface area contributed by atoms with E-state index in [0.29, 0.717) is 30.3 Å². The van der Waals surface area contributed by atoms with E-state index in [4.69, 9.17) is 0 Å². The molecule has 1 aromatic carbocycles. The van der Waals surface area contributed by atoms with Gasteiger partial charge in [0.2, 0.25) is 0 Å². The highest BCUT2D eigenvalue weighted by Crippen LogP contribution is 2.20. The summed E-state index contributed by atoms with van der Waals surface area (Å²) in [5.74, 6) is -0.584. The van der Waals surface area contributed by atoms with Gasteiger partial charge in [-0.05, 0) is 26.0 Å². The zero-order valence-electron chi connectivity index (χ0n) is 17.5. The van der Waals surface area contributed by atoms with E-state index in [-0.39, 0.29) is 6.01 Å². The lowest BCUT2D eigenvalue weighted by Gasteiger charge is -2.35. The molecule has 7 nitrogen and oxygen atoms in total. The fourth-order valence-corrected chi connectivity index (χ4v) is 3.70. The molecule has 1 aliphatic rings. The van der Waals surface area contributed by atoms with Crippen LogP contribution in [0.25, 0.3) is 11.9 Å². The van der Waals surface area contributed by atoms with E-state index in [0.717, 1.165) is 37.0 Å². The van der Waals surface area contributed by atoms with E-state index in [1.54, 1.807) is 23.9 Å². The molecule has 31 heavy (non-hydrogen) atoms. The molecular formula is C22H24F2N6O.